The van der Waals surface area contributed by atoms with E-state index in [0.717, 1.165) is 23.7 Å². The molecule has 0 aliphatic carbocycles. The van der Waals surface area contributed by atoms with Crippen molar-refractivity contribution in [1.29, 1.82) is 0 Å². The first kappa shape index (κ1) is 16.4. The fourth-order valence-corrected chi connectivity index (χ4v) is 2.22. The summed E-state index contributed by atoms with van der Waals surface area (Å²) in [5.74, 6) is 0. The predicted molar refractivity (Wildman–Crippen MR) is 90.1 cm³/mol. The van der Waals surface area contributed by atoms with Crippen LogP contribution in [0.2, 0.25) is 5.02 Å². The largest absolute Gasteiger partial charge is 0.345 e. The number of urea groups is 1. The molecule has 2 amide bonds. The van der Waals surface area contributed by atoms with Gasteiger partial charge in [0.1, 0.15) is 0 Å². The molecule has 0 aliphatic heterocycles. The maximum absolute atomic E-state index is 11.8. The summed E-state index contributed by atoms with van der Waals surface area (Å²) in [4.78, 5) is 11.8. The SMILES string of the molecule is CC[C@@H](C)NC(=O)NCc1cccn1Cc1ccc(Cl)cc1. The molecule has 0 saturated carbocycles. The highest BCUT2D eigenvalue weighted by molar-refractivity contribution is 6.30. The first-order valence-corrected chi connectivity index (χ1v) is 7.89. The number of halogens is 1. The molecule has 0 spiro atoms. The number of carbonyl (C=O) groups is 1. The molecule has 2 rings (SSSR count). The lowest BCUT2D eigenvalue weighted by Gasteiger charge is -2.14. The second-order valence-electron chi connectivity index (χ2n) is 5.39. The maximum Gasteiger partial charge on any atom is 0.315 e. The number of nitrogens with one attached hydrogen (secondary N) is 2. The van der Waals surface area contributed by atoms with Crippen LogP contribution in [0.1, 0.15) is 31.5 Å². The van der Waals surface area contributed by atoms with Crippen LogP contribution >= 0.6 is 11.6 Å². The molecule has 0 radical (unpaired) electrons. The highest BCUT2D eigenvalue weighted by atomic mass is 35.5. The normalized spacial score (nSPS) is 12.0. The van der Waals surface area contributed by atoms with E-state index in [4.69, 9.17) is 11.6 Å². The molecule has 118 valence electrons. The lowest BCUT2D eigenvalue weighted by atomic mass is 10.2. The van der Waals surface area contributed by atoms with Crippen LogP contribution in [0.4, 0.5) is 4.79 Å². The van der Waals surface area contributed by atoms with Crippen molar-refractivity contribution in [3.8, 4) is 0 Å². The van der Waals surface area contributed by atoms with Gasteiger partial charge in [0.05, 0.1) is 6.54 Å². The molecular weight excluding hydrogens is 298 g/mol. The zero-order chi connectivity index (χ0) is 15.9. The lowest BCUT2D eigenvalue weighted by molar-refractivity contribution is 0.237. The molecule has 0 aliphatic rings. The Morgan fingerprint density at radius 1 is 1.27 bits per heavy atom. The number of aromatic nitrogens is 1. The van der Waals surface area contributed by atoms with Gasteiger partial charge in [0.15, 0.2) is 0 Å². The van der Waals surface area contributed by atoms with Crippen molar-refractivity contribution in [1.82, 2.24) is 15.2 Å². The van der Waals surface area contributed by atoms with Gasteiger partial charge in [-0.3, -0.25) is 0 Å². The topological polar surface area (TPSA) is 46.1 Å². The van der Waals surface area contributed by atoms with Gasteiger partial charge >= 0.3 is 6.03 Å². The van der Waals surface area contributed by atoms with Crippen LogP contribution in [0.5, 0.6) is 0 Å². The van der Waals surface area contributed by atoms with E-state index >= 15 is 0 Å². The Morgan fingerprint density at radius 2 is 2.00 bits per heavy atom. The summed E-state index contributed by atoms with van der Waals surface area (Å²) < 4.78 is 2.12. The summed E-state index contributed by atoms with van der Waals surface area (Å²) in [7, 11) is 0. The Balaban J connectivity index is 1.92. The van der Waals surface area contributed by atoms with E-state index in [1.807, 2.05) is 56.4 Å². The summed E-state index contributed by atoms with van der Waals surface area (Å²) in [6.07, 6.45) is 2.93. The molecule has 2 N–H and O–H groups in total. The first-order valence-electron chi connectivity index (χ1n) is 7.51. The van der Waals surface area contributed by atoms with E-state index in [2.05, 4.69) is 15.2 Å². The molecule has 1 aromatic carbocycles. The van der Waals surface area contributed by atoms with Crippen molar-refractivity contribution >= 4 is 17.6 Å². The minimum Gasteiger partial charge on any atom is -0.345 e. The molecule has 5 heteroatoms. The van der Waals surface area contributed by atoms with Gasteiger partial charge in [-0.2, -0.15) is 0 Å². The van der Waals surface area contributed by atoms with E-state index in [1.165, 1.54) is 5.56 Å². The third kappa shape index (κ3) is 4.81. The highest BCUT2D eigenvalue weighted by Gasteiger charge is 2.07. The molecule has 0 saturated heterocycles. The molecule has 1 aromatic heterocycles. The average molecular weight is 320 g/mol. The predicted octanol–water partition coefficient (Wildman–Crippen LogP) is 3.79. The molecule has 1 heterocycles. The van der Waals surface area contributed by atoms with E-state index in [9.17, 15) is 4.79 Å². The summed E-state index contributed by atoms with van der Waals surface area (Å²) in [6.45, 7) is 5.29. The molecule has 2 aromatic rings. The monoisotopic (exact) mass is 319 g/mol. The summed E-state index contributed by atoms with van der Waals surface area (Å²) >= 11 is 5.90. The van der Waals surface area contributed by atoms with Gasteiger partial charge in [0.2, 0.25) is 0 Å². The Morgan fingerprint density at radius 3 is 2.68 bits per heavy atom. The molecule has 0 unspecified atom stereocenters. The van der Waals surface area contributed by atoms with Gasteiger partial charge in [-0.25, -0.2) is 4.79 Å². The van der Waals surface area contributed by atoms with E-state index in [-0.39, 0.29) is 12.1 Å². The Kier molecular flexibility index (Phi) is 5.90. The highest BCUT2D eigenvalue weighted by Crippen LogP contribution is 2.12. The van der Waals surface area contributed by atoms with Crippen molar-refractivity contribution < 1.29 is 4.79 Å². The second kappa shape index (κ2) is 7.90. The molecule has 0 fully saturated rings. The van der Waals surface area contributed by atoms with Gasteiger partial charge in [-0.05, 0) is 43.2 Å². The van der Waals surface area contributed by atoms with Gasteiger partial charge in [0, 0.05) is 29.5 Å². The molecular formula is C17H22ClN3O. The standard InChI is InChI=1S/C17H22ClN3O/c1-3-13(2)20-17(22)19-11-16-5-4-10-21(16)12-14-6-8-15(18)9-7-14/h4-10,13H,3,11-12H2,1-2H3,(H2,19,20,22)/t13-/m1/s1. The maximum atomic E-state index is 11.8. The third-order valence-corrected chi connectivity index (χ3v) is 3.86. The van der Waals surface area contributed by atoms with Crippen LogP contribution in [0.25, 0.3) is 0 Å². The number of rotatable bonds is 6. The summed E-state index contributed by atoms with van der Waals surface area (Å²) in [5.41, 5.74) is 2.24. The Hall–Kier alpha value is -1.94. The van der Waals surface area contributed by atoms with Gasteiger partial charge < -0.3 is 15.2 Å². The minimum atomic E-state index is -0.131. The van der Waals surface area contributed by atoms with Crippen LogP contribution in [-0.2, 0) is 13.1 Å². The molecule has 22 heavy (non-hydrogen) atoms. The first-order chi connectivity index (χ1) is 10.6. The summed E-state index contributed by atoms with van der Waals surface area (Å²) in [5, 5.41) is 6.52. The zero-order valence-corrected chi connectivity index (χ0v) is 13.7. The van der Waals surface area contributed by atoms with E-state index < -0.39 is 0 Å². The van der Waals surface area contributed by atoms with Crippen LogP contribution in [0, 0.1) is 0 Å². The van der Waals surface area contributed by atoms with Crippen LogP contribution in [-0.4, -0.2) is 16.6 Å². The third-order valence-electron chi connectivity index (χ3n) is 3.61. The fraction of sp³-hybridized carbons (Fsp3) is 0.353. The second-order valence-corrected chi connectivity index (χ2v) is 5.83. The molecule has 1 atom stereocenters. The van der Waals surface area contributed by atoms with Crippen molar-refractivity contribution in [3.63, 3.8) is 0 Å². The van der Waals surface area contributed by atoms with Crippen LogP contribution in [0.3, 0.4) is 0 Å². The number of carbonyl (C=O) groups excluding carboxylic acids is 1. The smallest absolute Gasteiger partial charge is 0.315 e. The van der Waals surface area contributed by atoms with Crippen molar-refractivity contribution in [3.05, 3.63) is 58.9 Å². The Labute approximate surface area is 136 Å². The van der Waals surface area contributed by atoms with Crippen LogP contribution < -0.4 is 10.6 Å². The number of hydrogen-bond donors (Lipinski definition) is 2. The summed E-state index contributed by atoms with van der Waals surface area (Å²) in [6, 6.07) is 11.8. The van der Waals surface area contributed by atoms with Crippen molar-refractivity contribution in [2.24, 2.45) is 0 Å². The van der Waals surface area contributed by atoms with Crippen LogP contribution in [0.15, 0.2) is 42.6 Å². The quantitative estimate of drug-likeness (QED) is 0.836. The van der Waals surface area contributed by atoms with Crippen molar-refractivity contribution in [2.45, 2.75) is 39.4 Å². The number of nitrogens with zero attached hydrogens (tertiary/aromatic N) is 1. The van der Waals surface area contributed by atoms with Crippen molar-refractivity contribution in [2.75, 3.05) is 0 Å². The zero-order valence-electron chi connectivity index (χ0n) is 13.0. The van der Waals surface area contributed by atoms with Gasteiger partial charge in [-0.15, -0.1) is 0 Å². The van der Waals surface area contributed by atoms with Gasteiger partial charge in [-0.1, -0.05) is 30.7 Å². The molecule has 4 nitrogen and oxygen atoms in total. The van der Waals surface area contributed by atoms with Gasteiger partial charge in [0.25, 0.3) is 0 Å². The Bertz CT molecular complexity index is 607. The van der Waals surface area contributed by atoms with E-state index in [0.29, 0.717) is 6.54 Å². The minimum absolute atomic E-state index is 0.131. The number of amides is 2. The number of hydrogen-bond acceptors (Lipinski definition) is 1. The lowest BCUT2D eigenvalue weighted by Crippen LogP contribution is -2.40. The fourth-order valence-electron chi connectivity index (χ4n) is 2.10. The average Bonchev–Trinajstić information content (AvgIpc) is 2.94. The molecule has 0 bridgehead atoms. The number of benzene rings is 1. The van der Waals surface area contributed by atoms with E-state index in [1.54, 1.807) is 0 Å².